The lowest BCUT2D eigenvalue weighted by Crippen LogP contribution is -2.30. The van der Waals surface area contributed by atoms with Crippen molar-refractivity contribution in [1.82, 2.24) is 14.8 Å². The van der Waals surface area contributed by atoms with Crippen LogP contribution in [0.3, 0.4) is 0 Å². The maximum Gasteiger partial charge on any atom is 0.253 e. The Morgan fingerprint density at radius 1 is 0.917 bits per heavy atom. The van der Waals surface area contributed by atoms with Crippen LogP contribution in [0.2, 0.25) is 0 Å². The van der Waals surface area contributed by atoms with Crippen LogP contribution >= 0.6 is 0 Å². The highest BCUT2D eigenvalue weighted by atomic mass is 16.2. The quantitative estimate of drug-likeness (QED) is 0.401. The topological polar surface area (TPSA) is 48.5 Å². The molecule has 4 rings (SSSR count). The average molecular weight is 483 g/mol. The van der Waals surface area contributed by atoms with E-state index in [-0.39, 0.29) is 5.91 Å². The lowest BCUT2D eigenvalue weighted by atomic mass is 9.87. The number of nitrogens with one attached hydrogen (secondary N) is 1. The Morgan fingerprint density at radius 3 is 2.25 bits per heavy atom. The van der Waals surface area contributed by atoms with Gasteiger partial charge in [-0.3, -0.25) is 14.7 Å². The fourth-order valence-corrected chi connectivity index (χ4v) is 5.05. The van der Waals surface area contributed by atoms with Gasteiger partial charge in [-0.2, -0.15) is 0 Å². The summed E-state index contributed by atoms with van der Waals surface area (Å²) in [5.74, 6) is 0.0949. The molecule has 1 aliphatic heterocycles. The van der Waals surface area contributed by atoms with Crippen LogP contribution in [0.25, 0.3) is 5.57 Å². The number of nitrogens with zero attached hydrogens (tertiary/aromatic N) is 3. The molecule has 1 aliphatic rings. The number of piperidine rings is 1. The van der Waals surface area contributed by atoms with Gasteiger partial charge < -0.3 is 10.2 Å². The lowest BCUT2D eigenvalue weighted by Gasteiger charge is -2.30. The molecule has 1 amide bonds. The van der Waals surface area contributed by atoms with Crippen molar-refractivity contribution in [1.29, 1.82) is 0 Å². The Labute approximate surface area is 215 Å². The van der Waals surface area contributed by atoms with Crippen molar-refractivity contribution >= 4 is 17.2 Å². The number of likely N-dealkylation sites (tertiary alicyclic amines) is 1. The van der Waals surface area contributed by atoms with Crippen molar-refractivity contribution in [3.05, 3.63) is 101 Å². The van der Waals surface area contributed by atoms with E-state index in [0.717, 1.165) is 63.4 Å². The van der Waals surface area contributed by atoms with Gasteiger partial charge in [0.15, 0.2) is 0 Å². The first-order valence-electron chi connectivity index (χ1n) is 13.2. The molecule has 0 aliphatic carbocycles. The van der Waals surface area contributed by atoms with Gasteiger partial charge in [0.2, 0.25) is 0 Å². The highest BCUT2D eigenvalue weighted by Crippen LogP contribution is 2.36. The van der Waals surface area contributed by atoms with Crippen LogP contribution in [-0.4, -0.2) is 53.4 Å². The second-order valence-corrected chi connectivity index (χ2v) is 9.25. The maximum atomic E-state index is 12.9. The number of rotatable bonds is 9. The zero-order valence-electron chi connectivity index (χ0n) is 21.8. The van der Waals surface area contributed by atoms with Gasteiger partial charge in [0.25, 0.3) is 5.91 Å². The van der Waals surface area contributed by atoms with Crippen molar-refractivity contribution in [2.75, 3.05) is 38.0 Å². The predicted octanol–water partition coefficient (Wildman–Crippen LogP) is 6.09. The Morgan fingerprint density at radius 2 is 1.61 bits per heavy atom. The lowest BCUT2D eigenvalue weighted by molar-refractivity contribution is 0.0773. The van der Waals surface area contributed by atoms with Gasteiger partial charge >= 0.3 is 0 Å². The minimum atomic E-state index is 0.0949. The second-order valence-electron chi connectivity index (χ2n) is 9.25. The van der Waals surface area contributed by atoms with E-state index in [1.54, 1.807) is 0 Å². The minimum Gasteiger partial charge on any atom is -0.385 e. The average Bonchev–Trinajstić information content (AvgIpc) is 2.92. The summed E-state index contributed by atoms with van der Waals surface area (Å²) in [7, 11) is 0. The summed E-state index contributed by atoms with van der Waals surface area (Å²) >= 11 is 0. The van der Waals surface area contributed by atoms with E-state index in [1.165, 1.54) is 27.8 Å². The number of aromatic nitrogens is 1. The molecule has 36 heavy (non-hydrogen) atoms. The van der Waals surface area contributed by atoms with E-state index in [2.05, 4.69) is 64.6 Å². The molecule has 3 aromatic rings. The van der Waals surface area contributed by atoms with Crippen molar-refractivity contribution in [3.8, 4) is 0 Å². The monoisotopic (exact) mass is 482 g/mol. The Balaban J connectivity index is 1.65. The SMILES string of the molecule is CCNc1ccccc1C(=C1CCN(Cc2cccnc2)CC1)c1ccc(C(=O)N(CC)CC)cc1. The first-order chi connectivity index (χ1) is 17.6. The van der Waals surface area contributed by atoms with E-state index in [4.69, 9.17) is 0 Å². The third-order valence-electron chi connectivity index (χ3n) is 6.98. The number of carbonyl (C=O) groups excluding carboxylic acids is 1. The molecule has 2 aromatic carbocycles. The van der Waals surface area contributed by atoms with Gasteiger partial charge in [-0.05, 0) is 74.6 Å². The van der Waals surface area contributed by atoms with Gasteiger partial charge in [0.1, 0.15) is 0 Å². The summed E-state index contributed by atoms with van der Waals surface area (Å²) in [5, 5.41) is 3.55. The largest absolute Gasteiger partial charge is 0.385 e. The van der Waals surface area contributed by atoms with E-state index < -0.39 is 0 Å². The molecule has 0 radical (unpaired) electrons. The summed E-state index contributed by atoms with van der Waals surface area (Å²) in [4.78, 5) is 21.5. The number of hydrogen-bond acceptors (Lipinski definition) is 4. The zero-order valence-corrected chi connectivity index (χ0v) is 21.8. The molecule has 0 saturated carbocycles. The standard InChI is InChI=1S/C31H38N4O/c1-4-33-29-12-8-7-11-28(29)30(25-13-15-27(16-14-25)31(36)35(5-2)6-3)26-17-20-34(21-18-26)23-24-10-9-19-32-22-24/h7-16,19,22,33H,4-6,17-18,20-21,23H2,1-3H3. The Hall–Kier alpha value is -3.44. The summed E-state index contributed by atoms with van der Waals surface area (Å²) in [6, 6.07) is 21.0. The molecule has 5 heteroatoms. The fourth-order valence-electron chi connectivity index (χ4n) is 5.05. The van der Waals surface area contributed by atoms with Crippen molar-refractivity contribution < 1.29 is 4.79 Å². The molecule has 1 fully saturated rings. The third kappa shape index (κ3) is 6.03. The fraction of sp³-hybridized carbons (Fsp3) is 0.355. The van der Waals surface area contributed by atoms with E-state index >= 15 is 0 Å². The molecule has 5 nitrogen and oxygen atoms in total. The number of para-hydroxylation sites is 1. The first-order valence-corrected chi connectivity index (χ1v) is 13.2. The summed E-state index contributed by atoms with van der Waals surface area (Å²) in [5.41, 5.74) is 8.35. The molecule has 188 valence electrons. The van der Waals surface area contributed by atoms with E-state index in [0.29, 0.717) is 0 Å². The van der Waals surface area contributed by atoms with Crippen molar-refractivity contribution in [2.45, 2.75) is 40.2 Å². The second kappa shape index (κ2) is 12.5. The van der Waals surface area contributed by atoms with Gasteiger partial charge in [-0.1, -0.05) is 42.0 Å². The summed E-state index contributed by atoms with van der Waals surface area (Å²) in [6.45, 7) is 11.5. The molecular weight excluding hydrogens is 444 g/mol. The number of pyridine rings is 1. The predicted molar refractivity (Wildman–Crippen MR) is 149 cm³/mol. The van der Waals surface area contributed by atoms with Gasteiger partial charge in [0.05, 0.1) is 0 Å². The van der Waals surface area contributed by atoms with Crippen LogP contribution in [0.5, 0.6) is 0 Å². The van der Waals surface area contributed by atoms with Gasteiger partial charge in [-0.25, -0.2) is 0 Å². The third-order valence-corrected chi connectivity index (χ3v) is 6.98. The molecule has 0 bridgehead atoms. The van der Waals surface area contributed by atoms with Crippen LogP contribution in [0.1, 0.15) is 60.7 Å². The number of anilines is 1. The number of carbonyl (C=O) groups is 1. The zero-order chi connectivity index (χ0) is 25.3. The van der Waals surface area contributed by atoms with E-state index in [1.807, 2.05) is 49.3 Å². The highest BCUT2D eigenvalue weighted by molar-refractivity contribution is 5.95. The molecule has 0 atom stereocenters. The smallest absolute Gasteiger partial charge is 0.253 e. The molecule has 1 saturated heterocycles. The van der Waals surface area contributed by atoms with Crippen molar-refractivity contribution in [2.24, 2.45) is 0 Å². The Kier molecular flexibility index (Phi) is 8.90. The van der Waals surface area contributed by atoms with Crippen LogP contribution < -0.4 is 5.32 Å². The van der Waals surface area contributed by atoms with Crippen molar-refractivity contribution in [3.63, 3.8) is 0 Å². The number of amides is 1. The van der Waals surface area contributed by atoms with Gasteiger partial charge in [0, 0.05) is 68.5 Å². The minimum absolute atomic E-state index is 0.0949. The molecule has 1 N–H and O–H groups in total. The van der Waals surface area contributed by atoms with E-state index in [9.17, 15) is 4.79 Å². The highest BCUT2D eigenvalue weighted by Gasteiger charge is 2.21. The summed E-state index contributed by atoms with van der Waals surface area (Å²) < 4.78 is 0. The van der Waals surface area contributed by atoms with Crippen LogP contribution in [-0.2, 0) is 6.54 Å². The van der Waals surface area contributed by atoms with Crippen LogP contribution in [0.4, 0.5) is 5.69 Å². The van der Waals surface area contributed by atoms with Crippen LogP contribution in [0.15, 0.2) is 78.6 Å². The maximum absolute atomic E-state index is 12.9. The first kappa shape index (κ1) is 25.6. The number of hydrogen-bond donors (Lipinski definition) is 1. The van der Waals surface area contributed by atoms with Gasteiger partial charge in [-0.15, -0.1) is 0 Å². The summed E-state index contributed by atoms with van der Waals surface area (Å²) in [6.07, 6.45) is 5.84. The normalized spacial score (nSPS) is 13.9. The molecule has 0 spiro atoms. The molecule has 2 heterocycles. The molecular formula is C31H38N4O. The Bertz CT molecular complexity index is 1160. The van der Waals surface area contributed by atoms with Crippen LogP contribution in [0, 0.1) is 0 Å². The number of benzene rings is 2. The molecule has 1 aromatic heterocycles. The molecule has 0 unspecified atom stereocenters.